The molecule has 0 aromatic heterocycles. The first-order valence-electron chi connectivity index (χ1n) is 10.2. The number of carbonyl (C=O) groups is 1. The molecule has 6 heteroatoms. The summed E-state index contributed by atoms with van der Waals surface area (Å²) in [6, 6.07) is 21.3. The van der Waals surface area contributed by atoms with Crippen molar-refractivity contribution in [3.63, 3.8) is 0 Å². The maximum absolute atomic E-state index is 13.0. The fraction of sp³-hybridized carbons (Fsp3) is 0.154. The molecule has 0 unspecified atom stereocenters. The van der Waals surface area contributed by atoms with Crippen LogP contribution in [0.5, 0.6) is 11.5 Å². The molecule has 32 heavy (non-hydrogen) atoms. The van der Waals surface area contributed by atoms with Crippen molar-refractivity contribution in [1.29, 1.82) is 0 Å². The summed E-state index contributed by atoms with van der Waals surface area (Å²) in [6.45, 7) is 4.31. The first kappa shape index (κ1) is 21.8. The summed E-state index contributed by atoms with van der Waals surface area (Å²) in [6.07, 6.45) is 1.82. The fourth-order valence-corrected chi connectivity index (χ4v) is 3.97. The molecule has 0 spiro atoms. The number of nitrogens with zero attached hydrogens (tertiary/aromatic N) is 2. The Kier molecular flexibility index (Phi) is 6.42. The predicted molar refractivity (Wildman–Crippen MR) is 131 cm³/mol. The van der Waals surface area contributed by atoms with Crippen LogP contribution in [0.4, 0.5) is 5.69 Å². The molecule has 162 valence electrons. The standard InChI is InChI=1S/C26H23BrN2O3/c1-17-9-11-19(12-10-17)16-32-25-23(27)14-20(15-24(25)31-3)13-22-18(2)28-29(26(22)30)21-7-5-4-6-8-21/h4-15H,16H2,1-3H3/b22-13+. The molecule has 5 nitrogen and oxygen atoms in total. The average molecular weight is 491 g/mol. The lowest BCUT2D eigenvalue weighted by Crippen LogP contribution is -2.21. The van der Waals surface area contributed by atoms with Gasteiger partial charge in [0.25, 0.3) is 5.91 Å². The molecule has 0 N–H and O–H groups in total. The van der Waals surface area contributed by atoms with E-state index < -0.39 is 0 Å². The second-order valence-electron chi connectivity index (χ2n) is 7.50. The Hall–Kier alpha value is -3.38. The first-order valence-corrected chi connectivity index (χ1v) is 11.0. The summed E-state index contributed by atoms with van der Waals surface area (Å²) < 4.78 is 12.4. The molecule has 1 aliphatic heterocycles. The van der Waals surface area contributed by atoms with E-state index in [1.807, 2.05) is 67.6 Å². The van der Waals surface area contributed by atoms with Crippen molar-refractivity contribution in [3.05, 3.63) is 93.5 Å². The van der Waals surface area contributed by atoms with Gasteiger partial charge in [-0.25, -0.2) is 0 Å². The summed E-state index contributed by atoms with van der Waals surface area (Å²) in [7, 11) is 1.60. The third-order valence-electron chi connectivity index (χ3n) is 5.13. The van der Waals surface area contributed by atoms with Gasteiger partial charge < -0.3 is 9.47 Å². The van der Waals surface area contributed by atoms with Gasteiger partial charge in [0.15, 0.2) is 11.5 Å². The predicted octanol–water partition coefficient (Wildman–Crippen LogP) is 6.15. The number of hydrazone groups is 1. The van der Waals surface area contributed by atoms with Crippen LogP contribution in [0.15, 0.2) is 81.9 Å². The first-order chi connectivity index (χ1) is 15.5. The molecule has 3 aromatic carbocycles. The van der Waals surface area contributed by atoms with E-state index in [1.165, 1.54) is 10.6 Å². The van der Waals surface area contributed by atoms with Crippen molar-refractivity contribution in [2.75, 3.05) is 12.1 Å². The van der Waals surface area contributed by atoms with Gasteiger partial charge in [0.1, 0.15) is 6.61 Å². The second kappa shape index (κ2) is 9.40. The highest BCUT2D eigenvalue weighted by molar-refractivity contribution is 9.10. The lowest BCUT2D eigenvalue weighted by atomic mass is 10.1. The molecule has 4 rings (SSSR count). The second-order valence-corrected chi connectivity index (χ2v) is 8.36. The Bertz CT molecular complexity index is 1200. The van der Waals surface area contributed by atoms with Crippen molar-refractivity contribution < 1.29 is 14.3 Å². The van der Waals surface area contributed by atoms with E-state index in [4.69, 9.17) is 9.47 Å². The van der Waals surface area contributed by atoms with Gasteiger partial charge in [0, 0.05) is 0 Å². The average Bonchev–Trinajstić information content (AvgIpc) is 3.08. The van der Waals surface area contributed by atoms with E-state index in [-0.39, 0.29) is 5.91 Å². The van der Waals surface area contributed by atoms with Gasteiger partial charge in [-0.1, -0.05) is 48.0 Å². The highest BCUT2D eigenvalue weighted by atomic mass is 79.9. The van der Waals surface area contributed by atoms with E-state index in [9.17, 15) is 4.79 Å². The van der Waals surface area contributed by atoms with Crippen LogP contribution in [-0.2, 0) is 11.4 Å². The quantitative estimate of drug-likeness (QED) is 0.389. The van der Waals surface area contributed by atoms with Crippen molar-refractivity contribution in [1.82, 2.24) is 0 Å². The van der Waals surface area contributed by atoms with Crippen LogP contribution in [0.1, 0.15) is 23.6 Å². The van der Waals surface area contributed by atoms with Crippen LogP contribution in [0, 0.1) is 6.92 Å². The highest BCUT2D eigenvalue weighted by Crippen LogP contribution is 2.38. The van der Waals surface area contributed by atoms with Gasteiger partial charge >= 0.3 is 0 Å². The number of benzene rings is 3. The Balaban J connectivity index is 1.59. The molecule has 0 saturated carbocycles. The number of hydrogen-bond acceptors (Lipinski definition) is 4. The maximum atomic E-state index is 13.0. The fourth-order valence-electron chi connectivity index (χ4n) is 3.40. The largest absolute Gasteiger partial charge is 0.493 e. The molecule has 3 aromatic rings. The Morgan fingerprint density at radius 3 is 2.44 bits per heavy atom. The van der Waals surface area contributed by atoms with Crippen LogP contribution in [0.2, 0.25) is 0 Å². The normalized spacial score (nSPS) is 14.6. The zero-order valence-electron chi connectivity index (χ0n) is 18.1. The minimum Gasteiger partial charge on any atom is -0.493 e. The van der Waals surface area contributed by atoms with Gasteiger partial charge in [-0.3, -0.25) is 4.79 Å². The molecule has 0 saturated heterocycles. The number of aryl methyl sites for hydroxylation is 1. The lowest BCUT2D eigenvalue weighted by Gasteiger charge is -2.14. The van der Waals surface area contributed by atoms with Gasteiger partial charge in [-0.2, -0.15) is 10.1 Å². The van der Waals surface area contributed by atoms with Crippen LogP contribution < -0.4 is 14.5 Å². The van der Waals surface area contributed by atoms with Gasteiger partial charge in [0.05, 0.1) is 28.6 Å². The third-order valence-corrected chi connectivity index (χ3v) is 5.72. The zero-order valence-corrected chi connectivity index (χ0v) is 19.7. The molecule has 0 radical (unpaired) electrons. The van der Waals surface area contributed by atoms with Gasteiger partial charge in [-0.05, 0) is 71.2 Å². The highest BCUT2D eigenvalue weighted by Gasteiger charge is 2.28. The summed E-state index contributed by atoms with van der Waals surface area (Å²) in [5.74, 6) is 1.03. The molecule has 1 heterocycles. The van der Waals surface area contributed by atoms with E-state index >= 15 is 0 Å². The lowest BCUT2D eigenvalue weighted by molar-refractivity contribution is -0.114. The SMILES string of the molecule is COc1cc(/C=C2/C(=O)N(c3ccccc3)N=C2C)cc(Br)c1OCc1ccc(C)cc1. The van der Waals surface area contributed by atoms with Crippen LogP contribution in [0.3, 0.4) is 0 Å². The number of anilines is 1. The number of para-hydroxylation sites is 1. The number of hydrogen-bond donors (Lipinski definition) is 0. The number of rotatable bonds is 6. The van der Waals surface area contributed by atoms with E-state index in [2.05, 4.69) is 40.1 Å². The maximum Gasteiger partial charge on any atom is 0.280 e. The summed E-state index contributed by atoms with van der Waals surface area (Å²) in [4.78, 5) is 13.0. The molecular weight excluding hydrogens is 468 g/mol. The monoisotopic (exact) mass is 490 g/mol. The number of methoxy groups -OCH3 is 1. The minimum absolute atomic E-state index is 0.163. The minimum atomic E-state index is -0.163. The van der Waals surface area contributed by atoms with E-state index in [0.29, 0.717) is 29.4 Å². The summed E-state index contributed by atoms with van der Waals surface area (Å²) in [5.41, 5.74) is 5.02. The Morgan fingerprint density at radius 1 is 1.03 bits per heavy atom. The van der Waals surface area contributed by atoms with Crippen LogP contribution in [0.25, 0.3) is 6.08 Å². The molecular formula is C26H23BrN2O3. The van der Waals surface area contributed by atoms with Gasteiger partial charge in [-0.15, -0.1) is 0 Å². The Morgan fingerprint density at radius 2 is 1.75 bits per heavy atom. The number of carbonyl (C=O) groups excluding carboxylic acids is 1. The smallest absolute Gasteiger partial charge is 0.280 e. The van der Waals surface area contributed by atoms with E-state index in [1.54, 1.807) is 7.11 Å². The zero-order chi connectivity index (χ0) is 22.7. The van der Waals surface area contributed by atoms with E-state index in [0.717, 1.165) is 21.3 Å². The molecule has 1 amide bonds. The number of halogens is 1. The number of ether oxygens (including phenoxy) is 2. The molecule has 1 aliphatic rings. The molecule has 0 bridgehead atoms. The third kappa shape index (κ3) is 4.60. The molecule has 0 aliphatic carbocycles. The van der Waals surface area contributed by atoms with Gasteiger partial charge in [0.2, 0.25) is 0 Å². The van der Waals surface area contributed by atoms with Crippen molar-refractivity contribution in [2.45, 2.75) is 20.5 Å². The summed E-state index contributed by atoms with van der Waals surface area (Å²) in [5, 5.41) is 5.86. The number of amides is 1. The topological polar surface area (TPSA) is 51.1 Å². The van der Waals surface area contributed by atoms with Crippen LogP contribution >= 0.6 is 15.9 Å². The Labute approximate surface area is 196 Å². The van der Waals surface area contributed by atoms with Crippen LogP contribution in [-0.4, -0.2) is 18.7 Å². The van der Waals surface area contributed by atoms with Crippen molar-refractivity contribution >= 4 is 39.3 Å². The summed E-state index contributed by atoms with van der Waals surface area (Å²) >= 11 is 3.59. The molecule has 0 fully saturated rings. The molecule has 0 atom stereocenters. The van der Waals surface area contributed by atoms with Crippen molar-refractivity contribution in [3.8, 4) is 11.5 Å². The van der Waals surface area contributed by atoms with Crippen molar-refractivity contribution in [2.24, 2.45) is 5.10 Å².